The number of benzene rings is 1. The second-order valence-electron chi connectivity index (χ2n) is 6.74. The number of halogens is 2. The van der Waals surface area contributed by atoms with Crippen LogP contribution in [0.4, 0.5) is 0 Å². The standard InChI is InChI=1S/C17H20BrClN2/c1-10(14-7-11-2-3-12(14)6-11)21-16-8-13(18)4-5-15(16)20-17(21)9-19/h4-5,8,10-12,14H,2-3,6-7,9H2,1H3. The van der Waals surface area contributed by atoms with Crippen molar-refractivity contribution in [2.45, 2.75) is 44.5 Å². The molecule has 2 aromatic rings. The van der Waals surface area contributed by atoms with E-state index in [9.17, 15) is 0 Å². The van der Waals surface area contributed by atoms with Crippen LogP contribution in [0.25, 0.3) is 11.0 Å². The first kappa shape index (κ1) is 14.1. The summed E-state index contributed by atoms with van der Waals surface area (Å²) in [4.78, 5) is 4.74. The minimum Gasteiger partial charge on any atom is -0.324 e. The summed E-state index contributed by atoms with van der Waals surface area (Å²) >= 11 is 9.77. The number of hydrogen-bond acceptors (Lipinski definition) is 1. The summed E-state index contributed by atoms with van der Waals surface area (Å²) in [5.41, 5.74) is 2.28. The lowest BCUT2D eigenvalue weighted by molar-refractivity contribution is 0.243. The molecule has 0 spiro atoms. The van der Waals surface area contributed by atoms with Crippen LogP contribution in [0.3, 0.4) is 0 Å². The topological polar surface area (TPSA) is 17.8 Å². The number of nitrogens with zero attached hydrogens (tertiary/aromatic N) is 2. The Kier molecular flexibility index (Phi) is 3.54. The van der Waals surface area contributed by atoms with Crippen LogP contribution in [-0.4, -0.2) is 9.55 Å². The fourth-order valence-electron chi connectivity index (χ4n) is 4.74. The van der Waals surface area contributed by atoms with Crippen molar-refractivity contribution in [2.24, 2.45) is 17.8 Å². The van der Waals surface area contributed by atoms with Crippen LogP contribution in [0.1, 0.15) is 44.5 Å². The molecule has 4 unspecified atom stereocenters. The molecule has 0 radical (unpaired) electrons. The van der Waals surface area contributed by atoms with Crippen molar-refractivity contribution in [1.29, 1.82) is 0 Å². The predicted octanol–water partition coefficient (Wildman–Crippen LogP) is 5.53. The molecule has 1 aromatic carbocycles. The smallest absolute Gasteiger partial charge is 0.125 e. The lowest BCUT2D eigenvalue weighted by atomic mass is 9.83. The molecule has 0 aliphatic heterocycles. The Bertz CT molecular complexity index is 681. The van der Waals surface area contributed by atoms with Crippen LogP contribution in [0, 0.1) is 17.8 Å². The first-order valence-corrected chi connectivity index (χ1v) is 9.22. The second-order valence-corrected chi connectivity index (χ2v) is 7.93. The van der Waals surface area contributed by atoms with E-state index in [2.05, 4.69) is 45.6 Å². The molecular weight excluding hydrogens is 348 g/mol. The molecule has 1 aromatic heterocycles. The molecule has 21 heavy (non-hydrogen) atoms. The molecule has 4 heteroatoms. The Hall–Kier alpha value is -0.540. The molecule has 2 fully saturated rings. The van der Waals surface area contributed by atoms with Crippen LogP contribution >= 0.6 is 27.5 Å². The summed E-state index contributed by atoms with van der Waals surface area (Å²) in [6.45, 7) is 2.36. The van der Waals surface area contributed by atoms with Crippen molar-refractivity contribution >= 4 is 38.6 Å². The average molecular weight is 368 g/mol. The molecule has 112 valence electrons. The van der Waals surface area contributed by atoms with Crippen molar-refractivity contribution in [3.63, 3.8) is 0 Å². The van der Waals surface area contributed by atoms with E-state index in [0.29, 0.717) is 11.9 Å². The summed E-state index contributed by atoms with van der Waals surface area (Å²) in [6, 6.07) is 6.81. The molecular formula is C17H20BrClN2. The highest BCUT2D eigenvalue weighted by Gasteiger charge is 2.42. The number of aromatic nitrogens is 2. The minimum absolute atomic E-state index is 0.484. The van der Waals surface area contributed by atoms with Gasteiger partial charge in [-0.1, -0.05) is 22.4 Å². The van der Waals surface area contributed by atoms with Crippen LogP contribution in [0.2, 0.25) is 0 Å². The van der Waals surface area contributed by atoms with E-state index in [1.54, 1.807) is 0 Å². The molecule has 2 bridgehead atoms. The van der Waals surface area contributed by atoms with Gasteiger partial charge in [-0.05, 0) is 62.1 Å². The largest absolute Gasteiger partial charge is 0.324 e. The molecule has 0 amide bonds. The lowest BCUT2D eigenvalue weighted by Gasteiger charge is -2.30. The summed E-state index contributed by atoms with van der Waals surface area (Å²) in [5, 5.41) is 0. The van der Waals surface area contributed by atoms with Crippen LogP contribution < -0.4 is 0 Å². The quantitative estimate of drug-likeness (QED) is 0.652. The highest BCUT2D eigenvalue weighted by molar-refractivity contribution is 9.10. The highest BCUT2D eigenvalue weighted by Crippen LogP contribution is 2.52. The highest BCUT2D eigenvalue weighted by atomic mass is 79.9. The molecule has 2 saturated carbocycles. The van der Waals surface area contributed by atoms with Gasteiger partial charge in [0.1, 0.15) is 5.82 Å². The molecule has 1 heterocycles. The Morgan fingerprint density at radius 2 is 2.24 bits per heavy atom. The van der Waals surface area contributed by atoms with E-state index in [4.69, 9.17) is 16.6 Å². The minimum atomic E-state index is 0.484. The van der Waals surface area contributed by atoms with Crippen molar-refractivity contribution in [2.75, 3.05) is 0 Å². The molecule has 0 saturated heterocycles. The van der Waals surface area contributed by atoms with Crippen LogP contribution in [-0.2, 0) is 5.88 Å². The average Bonchev–Trinajstić information content (AvgIpc) is 3.18. The van der Waals surface area contributed by atoms with Crippen molar-refractivity contribution < 1.29 is 0 Å². The Morgan fingerprint density at radius 1 is 1.38 bits per heavy atom. The normalized spacial score (nSPS) is 29.4. The third-order valence-electron chi connectivity index (χ3n) is 5.66. The Balaban J connectivity index is 1.79. The van der Waals surface area contributed by atoms with Crippen molar-refractivity contribution in [3.05, 3.63) is 28.5 Å². The summed E-state index contributed by atoms with van der Waals surface area (Å²) in [5.74, 6) is 4.18. The molecule has 2 nitrogen and oxygen atoms in total. The van der Waals surface area contributed by atoms with E-state index in [1.165, 1.54) is 31.2 Å². The summed E-state index contributed by atoms with van der Waals surface area (Å²) < 4.78 is 3.51. The zero-order valence-electron chi connectivity index (χ0n) is 12.2. The van der Waals surface area contributed by atoms with E-state index < -0.39 is 0 Å². The lowest BCUT2D eigenvalue weighted by Crippen LogP contribution is -2.23. The first-order valence-electron chi connectivity index (χ1n) is 7.89. The maximum Gasteiger partial charge on any atom is 0.125 e. The van der Waals surface area contributed by atoms with Gasteiger partial charge < -0.3 is 4.57 Å². The second kappa shape index (κ2) is 5.27. The monoisotopic (exact) mass is 366 g/mol. The van der Waals surface area contributed by atoms with Gasteiger partial charge in [-0.25, -0.2) is 4.98 Å². The Labute approximate surface area is 139 Å². The molecule has 4 rings (SSSR count). The van der Waals surface area contributed by atoms with E-state index in [1.807, 2.05) is 0 Å². The van der Waals surface area contributed by atoms with E-state index >= 15 is 0 Å². The fraction of sp³-hybridized carbons (Fsp3) is 0.588. The van der Waals surface area contributed by atoms with Gasteiger partial charge in [-0.15, -0.1) is 11.6 Å². The van der Waals surface area contributed by atoms with Crippen molar-refractivity contribution in [3.8, 4) is 0 Å². The summed E-state index contributed by atoms with van der Waals surface area (Å²) in [7, 11) is 0. The van der Waals surface area contributed by atoms with Gasteiger partial charge in [0.15, 0.2) is 0 Å². The van der Waals surface area contributed by atoms with Gasteiger partial charge >= 0.3 is 0 Å². The van der Waals surface area contributed by atoms with Gasteiger partial charge in [-0.2, -0.15) is 0 Å². The molecule has 2 aliphatic carbocycles. The zero-order chi connectivity index (χ0) is 14.6. The van der Waals surface area contributed by atoms with Crippen molar-refractivity contribution in [1.82, 2.24) is 9.55 Å². The van der Waals surface area contributed by atoms with Crippen LogP contribution in [0.5, 0.6) is 0 Å². The third-order valence-corrected chi connectivity index (χ3v) is 6.40. The van der Waals surface area contributed by atoms with E-state index in [0.717, 1.165) is 33.6 Å². The fourth-order valence-corrected chi connectivity index (χ4v) is 5.28. The van der Waals surface area contributed by atoms with Gasteiger partial charge in [0.25, 0.3) is 0 Å². The maximum absolute atomic E-state index is 6.18. The van der Waals surface area contributed by atoms with E-state index in [-0.39, 0.29) is 0 Å². The number of alkyl halides is 1. The SMILES string of the molecule is CC(C1CC2CCC1C2)n1c(CCl)nc2ccc(Br)cc21. The predicted molar refractivity (Wildman–Crippen MR) is 90.6 cm³/mol. The number of imidazole rings is 1. The van der Waals surface area contributed by atoms with Gasteiger partial charge in [0, 0.05) is 10.5 Å². The molecule has 4 atom stereocenters. The first-order chi connectivity index (χ1) is 10.2. The van der Waals surface area contributed by atoms with Gasteiger partial charge in [0.05, 0.1) is 16.9 Å². The molecule has 0 N–H and O–H groups in total. The zero-order valence-corrected chi connectivity index (χ0v) is 14.6. The third kappa shape index (κ3) is 2.24. The summed E-state index contributed by atoms with van der Waals surface area (Å²) in [6.07, 6.45) is 5.71. The van der Waals surface area contributed by atoms with Gasteiger partial charge in [-0.3, -0.25) is 0 Å². The Morgan fingerprint density at radius 3 is 2.90 bits per heavy atom. The molecule has 2 aliphatic rings. The number of rotatable bonds is 3. The van der Waals surface area contributed by atoms with Gasteiger partial charge in [0.2, 0.25) is 0 Å². The maximum atomic E-state index is 6.18. The number of fused-ring (bicyclic) bond motifs is 3. The number of hydrogen-bond donors (Lipinski definition) is 0. The van der Waals surface area contributed by atoms with Crippen LogP contribution in [0.15, 0.2) is 22.7 Å².